The number of benzene rings is 1. The molecular weight excluding hydrogens is 284 g/mol. The average Bonchev–Trinajstić information content (AvgIpc) is 2.62. The van der Waals surface area contributed by atoms with Gasteiger partial charge in [-0.2, -0.15) is 0 Å². The van der Waals surface area contributed by atoms with Crippen LogP contribution >= 0.6 is 0 Å². The van der Waals surface area contributed by atoms with Crippen LogP contribution in [0.15, 0.2) is 79.3 Å². The van der Waals surface area contributed by atoms with E-state index in [1.54, 1.807) is 12.4 Å². The van der Waals surface area contributed by atoms with Crippen LogP contribution < -0.4 is 5.32 Å². The number of hydrogen-bond acceptors (Lipinski definition) is 4. The SMILES string of the molecule is c1ccc(Nc2cc(-c3ccc4ncccc4c3)ccn2)nc1. The van der Waals surface area contributed by atoms with Crippen LogP contribution in [0.5, 0.6) is 0 Å². The van der Waals surface area contributed by atoms with Crippen LogP contribution in [-0.2, 0) is 0 Å². The molecular formula is C19H14N4. The molecule has 0 bridgehead atoms. The van der Waals surface area contributed by atoms with Gasteiger partial charge in [0.1, 0.15) is 11.6 Å². The van der Waals surface area contributed by atoms with Gasteiger partial charge in [-0.1, -0.05) is 18.2 Å². The van der Waals surface area contributed by atoms with E-state index in [1.165, 1.54) is 0 Å². The molecule has 0 amide bonds. The first-order valence-electron chi connectivity index (χ1n) is 7.38. The Hall–Kier alpha value is -3.27. The van der Waals surface area contributed by atoms with Crippen molar-refractivity contribution in [1.29, 1.82) is 0 Å². The standard InChI is InChI=1S/C19H14N4/c1-2-9-21-18(5-1)23-19-13-15(8-11-22-19)14-6-7-17-16(12-14)4-3-10-20-17/h1-13H,(H,21,22,23). The van der Waals surface area contributed by atoms with Crippen LogP contribution in [0.2, 0.25) is 0 Å². The van der Waals surface area contributed by atoms with Gasteiger partial charge >= 0.3 is 0 Å². The summed E-state index contributed by atoms with van der Waals surface area (Å²) >= 11 is 0. The second-order valence-corrected chi connectivity index (χ2v) is 5.18. The molecule has 1 N–H and O–H groups in total. The molecule has 0 atom stereocenters. The van der Waals surface area contributed by atoms with Gasteiger partial charge in [-0.25, -0.2) is 9.97 Å². The predicted octanol–water partition coefficient (Wildman–Crippen LogP) is 4.44. The molecule has 1 aromatic carbocycles. The third kappa shape index (κ3) is 2.87. The molecule has 0 aliphatic rings. The van der Waals surface area contributed by atoms with E-state index in [1.807, 2.05) is 48.7 Å². The number of aromatic nitrogens is 3. The van der Waals surface area contributed by atoms with Crippen molar-refractivity contribution >= 4 is 22.5 Å². The molecule has 110 valence electrons. The fourth-order valence-corrected chi connectivity index (χ4v) is 2.50. The van der Waals surface area contributed by atoms with Crippen LogP contribution in [0.25, 0.3) is 22.0 Å². The van der Waals surface area contributed by atoms with Gasteiger partial charge in [0.05, 0.1) is 5.52 Å². The number of hydrogen-bond donors (Lipinski definition) is 1. The van der Waals surface area contributed by atoms with Gasteiger partial charge in [0.15, 0.2) is 0 Å². The fraction of sp³-hybridized carbons (Fsp3) is 0. The molecule has 4 heteroatoms. The maximum Gasteiger partial charge on any atom is 0.132 e. The Balaban J connectivity index is 1.69. The average molecular weight is 298 g/mol. The molecule has 0 aliphatic heterocycles. The molecule has 0 saturated heterocycles. The van der Waals surface area contributed by atoms with Crippen LogP contribution in [0.3, 0.4) is 0 Å². The van der Waals surface area contributed by atoms with E-state index in [2.05, 4.69) is 38.5 Å². The third-order valence-corrected chi connectivity index (χ3v) is 3.62. The van der Waals surface area contributed by atoms with Crippen molar-refractivity contribution < 1.29 is 0 Å². The zero-order chi connectivity index (χ0) is 15.5. The van der Waals surface area contributed by atoms with Crippen molar-refractivity contribution in [3.8, 4) is 11.1 Å². The number of anilines is 2. The second-order valence-electron chi connectivity index (χ2n) is 5.18. The summed E-state index contributed by atoms with van der Waals surface area (Å²) in [5.41, 5.74) is 3.23. The summed E-state index contributed by atoms with van der Waals surface area (Å²) in [4.78, 5) is 13.0. The van der Waals surface area contributed by atoms with Crippen LogP contribution in [0, 0.1) is 0 Å². The lowest BCUT2D eigenvalue weighted by Gasteiger charge is -2.07. The van der Waals surface area contributed by atoms with Crippen molar-refractivity contribution in [1.82, 2.24) is 15.0 Å². The summed E-state index contributed by atoms with van der Waals surface area (Å²) in [7, 11) is 0. The zero-order valence-electron chi connectivity index (χ0n) is 12.3. The number of pyridine rings is 3. The van der Waals surface area contributed by atoms with Crippen molar-refractivity contribution in [2.24, 2.45) is 0 Å². The first-order chi connectivity index (χ1) is 11.4. The Bertz CT molecular complexity index is 951. The van der Waals surface area contributed by atoms with E-state index in [9.17, 15) is 0 Å². The van der Waals surface area contributed by atoms with Gasteiger partial charge in [-0.3, -0.25) is 4.98 Å². The van der Waals surface area contributed by atoms with Crippen molar-refractivity contribution in [3.63, 3.8) is 0 Å². The zero-order valence-corrected chi connectivity index (χ0v) is 12.3. The molecule has 4 rings (SSSR count). The molecule has 0 radical (unpaired) electrons. The molecule has 0 saturated carbocycles. The summed E-state index contributed by atoms with van der Waals surface area (Å²) < 4.78 is 0. The Morgan fingerprint density at radius 2 is 1.48 bits per heavy atom. The highest BCUT2D eigenvalue weighted by Crippen LogP contribution is 2.25. The lowest BCUT2D eigenvalue weighted by molar-refractivity contribution is 1.25. The van der Waals surface area contributed by atoms with Gasteiger partial charge in [0, 0.05) is 24.0 Å². The van der Waals surface area contributed by atoms with Crippen LogP contribution in [0.4, 0.5) is 11.6 Å². The lowest BCUT2D eigenvalue weighted by Crippen LogP contribution is -1.95. The maximum absolute atomic E-state index is 4.36. The van der Waals surface area contributed by atoms with Gasteiger partial charge < -0.3 is 5.32 Å². The summed E-state index contributed by atoms with van der Waals surface area (Å²) in [5.74, 6) is 1.55. The summed E-state index contributed by atoms with van der Waals surface area (Å²) in [6.07, 6.45) is 5.36. The van der Waals surface area contributed by atoms with Gasteiger partial charge in [-0.15, -0.1) is 0 Å². The number of nitrogens with zero attached hydrogens (tertiary/aromatic N) is 3. The summed E-state index contributed by atoms with van der Waals surface area (Å²) in [6, 6.07) is 20.0. The fourth-order valence-electron chi connectivity index (χ4n) is 2.50. The van der Waals surface area contributed by atoms with Crippen molar-refractivity contribution in [3.05, 3.63) is 79.3 Å². The minimum Gasteiger partial charge on any atom is -0.325 e. The summed E-state index contributed by atoms with van der Waals surface area (Å²) in [6.45, 7) is 0. The number of rotatable bonds is 3. The van der Waals surface area contributed by atoms with E-state index < -0.39 is 0 Å². The molecule has 23 heavy (non-hydrogen) atoms. The van der Waals surface area contributed by atoms with Crippen LogP contribution in [-0.4, -0.2) is 15.0 Å². The summed E-state index contributed by atoms with van der Waals surface area (Å²) in [5, 5.41) is 4.34. The van der Waals surface area contributed by atoms with Gasteiger partial charge in [0.2, 0.25) is 0 Å². The topological polar surface area (TPSA) is 50.7 Å². The molecule has 0 spiro atoms. The minimum atomic E-state index is 0.771. The van der Waals surface area contributed by atoms with E-state index in [0.29, 0.717) is 0 Å². The third-order valence-electron chi connectivity index (χ3n) is 3.62. The molecule has 0 aliphatic carbocycles. The predicted molar refractivity (Wildman–Crippen MR) is 92.5 cm³/mol. The Morgan fingerprint density at radius 3 is 2.39 bits per heavy atom. The Kier molecular flexibility index (Phi) is 3.41. The smallest absolute Gasteiger partial charge is 0.132 e. The molecule has 4 nitrogen and oxygen atoms in total. The molecule has 3 heterocycles. The minimum absolute atomic E-state index is 0.771. The molecule has 3 aromatic heterocycles. The van der Waals surface area contributed by atoms with Gasteiger partial charge in [-0.05, 0) is 53.6 Å². The first-order valence-corrected chi connectivity index (χ1v) is 7.38. The normalized spacial score (nSPS) is 10.6. The second kappa shape index (κ2) is 5.85. The van der Waals surface area contributed by atoms with Crippen molar-refractivity contribution in [2.75, 3.05) is 5.32 Å². The lowest BCUT2D eigenvalue weighted by atomic mass is 10.0. The first kappa shape index (κ1) is 13.4. The quantitative estimate of drug-likeness (QED) is 0.607. The Labute approximate surface area is 133 Å². The van der Waals surface area contributed by atoms with Gasteiger partial charge in [0.25, 0.3) is 0 Å². The maximum atomic E-state index is 4.36. The van der Waals surface area contributed by atoms with Crippen molar-refractivity contribution in [2.45, 2.75) is 0 Å². The van der Waals surface area contributed by atoms with E-state index in [4.69, 9.17) is 0 Å². The van der Waals surface area contributed by atoms with Crippen LogP contribution in [0.1, 0.15) is 0 Å². The number of nitrogens with one attached hydrogen (secondary N) is 1. The molecule has 0 unspecified atom stereocenters. The van der Waals surface area contributed by atoms with E-state index in [0.717, 1.165) is 33.7 Å². The largest absolute Gasteiger partial charge is 0.325 e. The Morgan fingerprint density at radius 1 is 0.609 bits per heavy atom. The number of fused-ring (bicyclic) bond motifs is 1. The monoisotopic (exact) mass is 298 g/mol. The highest BCUT2D eigenvalue weighted by atomic mass is 15.0. The van der Waals surface area contributed by atoms with E-state index in [-0.39, 0.29) is 0 Å². The molecule has 0 fully saturated rings. The highest BCUT2D eigenvalue weighted by Gasteiger charge is 2.03. The highest BCUT2D eigenvalue weighted by molar-refractivity contribution is 5.84. The molecule has 4 aromatic rings. The van der Waals surface area contributed by atoms with E-state index >= 15 is 0 Å².